The Labute approximate surface area is 183 Å². The molecular formula is C24H30N2O5. The molecule has 2 rings (SSSR count). The van der Waals surface area contributed by atoms with E-state index < -0.39 is 18.5 Å². The molecule has 2 amide bonds. The van der Waals surface area contributed by atoms with Gasteiger partial charge in [0.25, 0.3) is 11.8 Å². The van der Waals surface area contributed by atoms with E-state index in [-0.39, 0.29) is 24.3 Å². The lowest BCUT2D eigenvalue weighted by atomic mass is 9.87. The largest absolute Gasteiger partial charge is 0.494 e. The highest BCUT2D eigenvalue weighted by Gasteiger charge is 2.14. The Morgan fingerprint density at radius 2 is 1.58 bits per heavy atom. The van der Waals surface area contributed by atoms with Crippen LogP contribution in [-0.2, 0) is 19.7 Å². The van der Waals surface area contributed by atoms with Crippen LogP contribution in [0.5, 0.6) is 5.75 Å². The SMILES string of the molecule is CCOc1ccc(NC(=O)COC(=O)CCNC(=O)c2ccc(C(C)(C)C)cc2)cc1. The standard InChI is InChI=1S/C24H30N2O5/c1-5-30-20-12-10-19(11-13-20)26-21(27)16-31-22(28)14-15-25-23(29)17-6-8-18(9-7-17)24(2,3)4/h6-13H,5,14-16H2,1-4H3,(H,25,29)(H,26,27). The first-order valence-electron chi connectivity index (χ1n) is 10.3. The minimum atomic E-state index is -0.565. The fourth-order valence-electron chi connectivity index (χ4n) is 2.72. The van der Waals surface area contributed by atoms with Gasteiger partial charge in [-0.25, -0.2) is 0 Å². The number of carbonyl (C=O) groups is 3. The van der Waals surface area contributed by atoms with Crippen LogP contribution in [0.25, 0.3) is 0 Å². The van der Waals surface area contributed by atoms with Crippen molar-refractivity contribution in [3.63, 3.8) is 0 Å². The maximum Gasteiger partial charge on any atom is 0.308 e. The minimum absolute atomic E-state index is 0.0119. The van der Waals surface area contributed by atoms with Crippen molar-refractivity contribution < 1.29 is 23.9 Å². The van der Waals surface area contributed by atoms with E-state index in [1.807, 2.05) is 19.1 Å². The molecule has 2 aromatic rings. The Hall–Kier alpha value is -3.35. The summed E-state index contributed by atoms with van der Waals surface area (Å²) >= 11 is 0. The minimum Gasteiger partial charge on any atom is -0.494 e. The van der Waals surface area contributed by atoms with Crippen molar-refractivity contribution in [2.75, 3.05) is 25.1 Å². The molecule has 0 unspecified atom stereocenters. The second-order valence-corrected chi connectivity index (χ2v) is 8.00. The highest BCUT2D eigenvalue weighted by atomic mass is 16.5. The third kappa shape index (κ3) is 8.12. The summed E-state index contributed by atoms with van der Waals surface area (Å²) in [6, 6.07) is 14.3. The summed E-state index contributed by atoms with van der Waals surface area (Å²) in [5.74, 6) is -0.564. The van der Waals surface area contributed by atoms with E-state index in [0.29, 0.717) is 23.6 Å². The van der Waals surface area contributed by atoms with Crippen LogP contribution in [0, 0.1) is 0 Å². The van der Waals surface area contributed by atoms with Crippen LogP contribution in [-0.4, -0.2) is 37.5 Å². The normalized spacial score (nSPS) is 10.8. The molecule has 0 aliphatic carbocycles. The number of hydrogen-bond acceptors (Lipinski definition) is 5. The molecule has 31 heavy (non-hydrogen) atoms. The van der Waals surface area contributed by atoms with E-state index in [9.17, 15) is 14.4 Å². The monoisotopic (exact) mass is 426 g/mol. The topological polar surface area (TPSA) is 93.7 Å². The van der Waals surface area contributed by atoms with Gasteiger partial charge in [0, 0.05) is 17.8 Å². The number of amides is 2. The Bertz CT molecular complexity index is 884. The molecule has 166 valence electrons. The van der Waals surface area contributed by atoms with Crippen LogP contribution in [0.1, 0.15) is 50.0 Å². The molecule has 7 heteroatoms. The van der Waals surface area contributed by atoms with Gasteiger partial charge in [0.05, 0.1) is 13.0 Å². The van der Waals surface area contributed by atoms with Gasteiger partial charge >= 0.3 is 5.97 Å². The van der Waals surface area contributed by atoms with Crippen molar-refractivity contribution in [3.05, 3.63) is 59.7 Å². The number of hydrogen-bond donors (Lipinski definition) is 2. The molecule has 0 atom stereocenters. The summed E-state index contributed by atoms with van der Waals surface area (Å²) in [5, 5.41) is 5.31. The summed E-state index contributed by atoms with van der Waals surface area (Å²) in [6.07, 6.45) is -0.0256. The number of nitrogens with one attached hydrogen (secondary N) is 2. The molecule has 0 fully saturated rings. The average molecular weight is 427 g/mol. The molecule has 0 spiro atoms. The number of anilines is 1. The molecule has 0 radical (unpaired) electrons. The molecule has 0 aliphatic heterocycles. The number of carbonyl (C=O) groups excluding carboxylic acids is 3. The van der Waals surface area contributed by atoms with Crippen LogP contribution in [0.15, 0.2) is 48.5 Å². The Morgan fingerprint density at radius 1 is 0.935 bits per heavy atom. The second kappa shape index (κ2) is 11.2. The summed E-state index contributed by atoms with van der Waals surface area (Å²) in [7, 11) is 0. The number of rotatable bonds is 9. The fraction of sp³-hybridized carbons (Fsp3) is 0.375. The van der Waals surface area contributed by atoms with E-state index in [1.165, 1.54) is 0 Å². The van der Waals surface area contributed by atoms with E-state index >= 15 is 0 Å². The summed E-state index contributed by atoms with van der Waals surface area (Å²) in [4.78, 5) is 35.9. The predicted octanol–water partition coefficient (Wildman–Crippen LogP) is 3.68. The van der Waals surface area contributed by atoms with Crippen molar-refractivity contribution >= 4 is 23.5 Å². The molecule has 0 saturated carbocycles. The molecule has 0 bridgehead atoms. The van der Waals surface area contributed by atoms with Gasteiger partial charge in [0.2, 0.25) is 0 Å². The van der Waals surface area contributed by atoms with Gasteiger partial charge < -0.3 is 20.1 Å². The number of ether oxygens (including phenoxy) is 2. The quantitative estimate of drug-likeness (QED) is 0.597. The Morgan fingerprint density at radius 3 is 2.16 bits per heavy atom. The van der Waals surface area contributed by atoms with Gasteiger partial charge in [0.15, 0.2) is 6.61 Å². The van der Waals surface area contributed by atoms with Gasteiger partial charge in [-0.3, -0.25) is 14.4 Å². The first-order chi connectivity index (χ1) is 14.7. The highest BCUT2D eigenvalue weighted by Crippen LogP contribution is 2.22. The summed E-state index contributed by atoms with van der Waals surface area (Å²) in [6.45, 7) is 8.49. The zero-order chi connectivity index (χ0) is 22.9. The molecule has 2 N–H and O–H groups in total. The van der Waals surface area contributed by atoms with Crippen molar-refractivity contribution in [2.24, 2.45) is 0 Å². The van der Waals surface area contributed by atoms with E-state index in [1.54, 1.807) is 36.4 Å². The van der Waals surface area contributed by atoms with Crippen LogP contribution in [0.4, 0.5) is 5.69 Å². The third-order valence-electron chi connectivity index (χ3n) is 4.44. The van der Waals surface area contributed by atoms with Gasteiger partial charge in [-0.15, -0.1) is 0 Å². The fourth-order valence-corrected chi connectivity index (χ4v) is 2.72. The summed E-state index contributed by atoms with van der Waals surface area (Å²) in [5.41, 5.74) is 2.25. The van der Waals surface area contributed by atoms with Crippen molar-refractivity contribution in [2.45, 2.75) is 39.5 Å². The second-order valence-electron chi connectivity index (χ2n) is 8.00. The first-order valence-corrected chi connectivity index (χ1v) is 10.3. The third-order valence-corrected chi connectivity index (χ3v) is 4.44. The van der Waals surface area contributed by atoms with E-state index in [2.05, 4.69) is 31.4 Å². The molecule has 0 saturated heterocycles. The molecule has 7 nitrogen and oxygen atoms in total. The predicted molar refractivity (Wildman–Crippen MR) is 119 cm³/mol. The van der Waals surface area contributed by atoms with E-state index in [4.69, 9.17) is 9.47 Å². The lowest BCUT2D eigenvalue weighted by Gasteiger charge is -2.19. The van der Waals surface area contributed by atoms with Crippen molar-refractivity contribution in [1.82, 2.24) is 5.32 Å². The molecule has 0 aliphatic rings. The first kappa shape index (κ1) is 23.9. The van der Waals surface area contributed by atoms with Gasteiger partial charge in [-0.1, -0.05) is 32.9 Å². The molecular weight excluding hydrogens is 396 g/mol. The Balaban J connectivity index is 1.68. The highest BCUT2D eigenvalue weighted by molar-refractivity contribution is 5.94. The zero-order valence-electron chi connectivity index (χ0n) is 18.5. The van der Waals surface area contributed by atoms with Crippen LogP contribution in [0.3, 0.4) is 0 Å². The molecule has 2 aromatic carbocycles. The maximum atomic E-state index is 12.2. The number of benzene rings is 2. The lowest BCUT2D eigenvalue weighted by molar-refractivity contribution is -0.147. The summed E-state index contributed by atoms with van der Waals surface area (Å²) < 4.78 is 10.3. The Kier molecular flexibility index (Phi) is 8.61. The molecule has 0 heterocycles. The maximum absolute atomic E-state index is 12.2. The van der Waals surface area contributed by atoms with Crippen molar-refractivity contribution in [3.8, 4) is 5.75 Å². The van der Waals surface area contributed by atoms with Crippen LogP contribution >= 0.6 is 0 Å². The van der Waals surface area contributed by atoms with Crippen LogP contribution < -0.4 is 15.4 Å². The van der Waals surface area contributed by atoms with Gasteiger partial charge in [-0.05, 0) is 54.3 Å². The van der Waals surface area contributed by atoms with Crippen LogP contribution in [0.2, 0.25) is 0 Å². The lowest BCUT2D eigenvalue weighted by Crippen LogP contribution is -2.27. The van der Waals surface area contributed by atoms with E-state index in [0.717, 1.165) is 5.56 Å². The van der Waals surface area contributed by atoms with Crippen molar-refractivity contribution in [1.29, 1.82) is 0 Å². The van der Waals surface area contributed by atoms with Gasteiger partial charge in [0.1, 0.15) is 5.75 Å². The zero-order valence-corrected chi connectivity index (χ0v) is 18.5. The smallest absolute Gasteiger partial charge is 0.308 e. The number of esters is 1. The van der Waals surface area contributed by atoms with Gasteiger partial charge in [-0.2, -0.15) is 0 Å². The molecule has 0 aromatic heterocycles. The average Bonchev–Trinajstić information content (AvgIpc) is 2.73.